The van der Waals surface area contributed by atoms with Crippen LogP contribution in [-0.2, 0) is 0 Å². The van der Waals surface area contributed by atoms with E-state index in [1.807, 2.05) is 11.1 Å². The normalized spacial score (nSPS) is 43.2. The largest absolute Gasteiger partial charge is 0.0670 e. The summed E-state index contributed by atoms with van der Waals surface area (Å²) in [6.45, 7) is 0. The van der Waals surface area contributed by atoms with Crippen LogP contribution in [0.4, 0.5) is 0 Å². The molecule has 1 fully saturated rings. The second kappa shape index (κ2) is 1.66. The van der Waals surface area contributed by atoms with Crippen LogP contribution in [0.25, 0.3) is 0 Å². The lowest BCUT2D eigenvalue weighted by molar-refractivity contribution is 0.426. The minimum atomic E-state index is 1.09. The molecule has 54 valence electrons. The van der Waals surface area contributed by atoms with Gasteiger partial charge in [0.05, 0.1) is 0 Å². The van der Waals surface area contributed by atoms with E-state index in [-0.39, 0.29) is 0 Å². The predicted octanol–water partition coefficient (Wildman–Crippen LogP) is 2.90. The van der Waals surface area contributed by atoms with Crippen LogP contribution < -0.4 is 0 Å². The third-order valence-corrected chi connectivity index (χ3v) is 3.72. The van der Waals surface area contributed by atoms with E-state index in [1.54, 1.807) is 0 Å². The van der Waals surface area contributed by atoms with Crippen molar-refractivity contribution in [2.24, 2.45) is 11.8 Å². The van der Waals surface area contributed by atoms with Crippen molar-refractivity contribution in [3.63, 3.8) is 0 Å². The molecule has 3 rings (SSSR count). The number of rotatable bonds is 0. The summed E-state index contributed by atoms with van der Waals surface area (Å²) >= 11 is 0. The van der Waals surface area contributed by atoms with E-state index in [9.17, 15) is 0 Å². The highest BCUT2D eigenvalue weighted by molar-refractivity contribution is 5.37. The minimum absolute atomic E-state index is 1.09. The summed E-state index contributed by atoms with van der Waals surface area (Å²) in [5, 5.41) is 0. The molecule has 0 heteroatoms. The molecule has 3 aliphatic carbocycles. The van der Waals surface area contributed by atoms with E-state index in [1.165, 1.54) is 38.5 Å². The SMILES string of the molecule is C1CC2=C(C1)[C@H]1CCCC21. The maximum absolute atomic E-state index is 1.91. The zero-order valence-electron chi connectivity index (χ0n) is 6.40. The Balaban J connectivity index is 1.97. The Labute approximate surface area is 62.3 Å². The standard InChI is InChI=1S/C10H14/c1-3-7-8(4-1)10-6-2-5-9(7)10/h7-8H,1-6H2/t7-,8?/m0/s1. The lowest BCUT2D eigenvalue weighted by Crippen LogP contribution is -2.22. The molecule has 0 aromatic rings. The average Bonchev–Trinajstić information content (AvgIpc) is 2.42. The van der Waals surface area contributed by atoms with Gasteiger partial charge >= 0.3 is 0 Å². The van der Waals surface area contributed by atoms with Crippen molar-refractivity contribution in [2.75, 3.05) is 0 Å². The van der Waals surface area contributed by atoms with Gasteiger partial charge in [0, 0.05) is 0 Å². The molecule has 10 heavy (non-hydrogen) atoms. The molecular formula is C10H14. The number of hydrogen-bond acceptors (Lipinski definition) is 0. The zero-order chi connectivity index (χ0) is 6.55. The monoisotopic (exact) mass is 134 g/mol. The first-order chi connectivity index (χ1) is 4.97. The van der Waals surface area contributed by atoms with Gasteiger partial charge in [-0.1, -0.05) is 17.6 Å². The topological polar surface area (TPSA) is 0 Å². The molecule has 1 unspecified atom stereocenters. The second-order valence-electron chi connectivity index (χ2n) is 4.05. The Morgan fingerprint density at radius 2 is 1.40 bits per heavy atom. The third kappa shape index (κ3) is 0.457. The molecule has 0 amide bonds. The van der Waals surface area contributed by atoms with Crippen molar-refractivity contribution in [3.05, 3.63) is 11.1 Å². The highest BCUT2D eigenvalue weighted by atomic mass is 14.5. The van der Waals surface area contributed by atoms with Gasteiger partial charge in [0.25, 0.3) is 0 Å². The van der Waals surface area contributed by atoms with Crippen molar-refractivity contribution in [1.29, 1.82) is 0 Å². The van der Waals surface area contributed by atoms with Crippen LogP contribution >= 0.6 is 0 Å². The van der Waals surface area contributed by atoms with Crippen LogP contribution in [0, 0.1) is 11.8 Å². The highest BCUT2D eigenvalue weighted by Crippen LogP contribution is 2.57. The van der Waals surface area contributed by atoms with E-state index >= 15 is 0 Å². The first kappa shape index (κ1) is 5.40. The molecule has 0 aliphatic heterocycles. The van der Waals surface area contributed by atoms with Gasteiger partial charge in [-0.2, -0.15) is 0 Å². The van der Waals surface area contributed by atoms with Crippen molar-refractivity contribution in [2.45, 2.75) is 38.5 Å². The molecule has 1 saturated carbocycles. The van der Waals surface area contributed by atoms with Gasteiger partial charge in [-0.25, -0.2) is 0 Å². The van der Waals surface area contributed by atoms with Gasteiger partial charge < -0.3 is 0 Å². The summed E-state index contributed by atoms with van der Waals surface area (Å²) < 4.78 is 0. The third-order valence-electron chi connectivity index (χ3n) is 3.72. The summed E-state index contributed by atoms with van der Waals surface area (Å²) in [5.74, 6) is 2.19. The van der Waals surface area contributed by atoms with E-state index in [2.05, 4.69) is 0 Å². The molecule has 2 atom stereocenters. The van der Waals surface area contributed by atoms with Crippen LogP contribution in [0.3, 0.4) is 0 Å². The Kier molecular flexibility index (Phi) is 0.898. The molecule has 0 N–H and O–H groups in total. The Bertz CT molecular complexity index is 180. The van der Waals surface area contributed by atoms with Gasteiger partial charge in [-0.15, -0.1) is 0 Å². The maximum atomic E-state index is 1.91. The fraction of sp³-hybridized carbons (Fsp3) is 0.800. The molecular weight excluding hydrogens is 120 g/mol. The lowest BCUT2D eigenvalue weighted by Gasteiger charge is -2.33. The first-order valence-corrected chi connectivity index (χ1v) is 4.68. The average molecular weight is 134 g/mol. The molecule has 0 aromatic heterocycles. The van der Waals surface area contributed by atoms with E-state index in [4.69, 9.17) is 0 Å². The lowest BCUT2D eigenvalue weighted by atomic mass is 9.71. The van der Waals surface area contributed by atoms with Crippen molar-refractivity contribution < 1.29 is 0 Å². The second-order valence-corrected chi connectivity index (χ2v) is 4.05. The van der Waals surface area contributed by atoms with E-state index in [0.29, 0.717) is 0 Å². The van der Waals surface area contributed by atoms with Crippen LogP contribution in [0.15, 0.2) is 11.1 Å². The summed E-state index contributed by atoms with van der Waals surface area (Å²) in [5.41, 5.74) is 3.81. The van der Waals surface area contributed by atoms with Gasteiger partial charge in [-0.05, 0) is 43.9 Å². The Morgan fingerprint density at radius 3 is 2.00 bits per heavy atom. The number of hydrogen-bond donors (Lipinski definition) is 0. The van der Waals surface area contributed by atoms with Crippen LogP contribution in [0.2, 0.25) is 0 Å². The Morgan fingerprint density at radius 1 is 0.800 bits per heavy atom. The quantitative estimate of drug-likeness (QED) is 0.447. The molecule has 0 heterocycles. The fourth-order valence-corrected chi connectivity index (χ4v) is 3.34. The summed E-state index contributed by atoms with van der Waals surface area (Å²) in [6, 6.07) is 0. The Hall–Kier alpha value is -0.260. The molecule has 3 aliphatic rings. The predicted molar refractivity (Wildman–Crippen MR) is 41.7 cm³/mol. The minimum Gasteiger partial charge on any atom is -0.0670 e. The van der Waals surface area contributed by atoms with Crippen LogP contribution in [0.5, 0.6) is 0 Å². The van der Waals surface area contributed by atoms with Crippen LogP contribution in [-0.4, -0.2) is 0 Å². The van der Waals surface area contributed by atoms with Crippen molar-refractivity contribution in [3.8, 4) is 0 Å². The molecule has 0 saturated heterocycles. The van der Waals surface area contributed by atoms with Gasteiger partial charge in [0.15, 0.2) is 0 Å². The highest BCUT2D eigenvalue weighted by Gasteiger charge is 2.44. The zero-order valence-corrected chi connectivity index (χ0v) is 6.40. The smallest absolute Gasteiger partial charge is 0.0135 e. The molecule has 0 aromatic carbocycles. The van der Waals surface area contributed by atoms with E-state index in [0.717, 1.165) is 11.8 Å². The number of fused-ring (bicyclic) bond motifs is 3. The molecule has 0 spiro atoms. The van der Waals surface area contributed by atoms with Gasteiger partial charge in [0.2, 0.25) is 0 Å². The summed E-state index contributed by atoms with van der Waals surface area (Å²) in [7, 11) is 0. The molecule has 0 nitrogen and oxygen atoms in total. The van der Waals surface area contributed by atoms with Gasteiger partial charge in [-0.3, -0.25) is 0 Å². The summed E-state index contributed by atoms with van der Waals surface area (Å²) in [4.78, 5) is 0. The van der Waals surface area contributed by atoms with Crippen molar-refractivity contribution in [1.82, 2.24) is 0 Å². The van der Waals surface area contributed by atoms with Crippen LogP contribution in [0.1, 0.15) is 38.5 Å². The fourth-order valence-electron chi connectivity index (χ4n) is 3.34. The number of allylic oxidation sites excluding steroid dienone is 2. The summed E-state index contributed by atoms with van der Waals surface area (Å²) in [6.07, 6.45) is 9.00. The molecule has 0 radical (unpaired) electrons. The first-order valence-electron chi connectivity index (χ1n) is 4.68. The maximum Gasteiger partial charge on any atom is -0.0135 e. The molecule has 0 bridgehead atoms. The van der Waals surface area contributed by atoms with Gasteiger partial charge in [0.1, 0.15) is 0 Å². The van der Waals surface area contributed by atoms with Crippen molar-refractivity contribution >= 4 is 0 Å². The van der Waals surface area contributed by atoms with E-state index < -0.39 is 0 Å².